The van der Waals surface area contributed by atoms with Crippen LogP contribution in [-0.2, 0) is 11.2 Å². The maximum Gasteiger partial charge on any atom is 0.225 e. The number of hydrogen-bond donors (Lipinski definition) is 1. The van der Waals surface area contributed by atoms with E-state index in [2.05, 4.69) is 107 Å². The molecule has 0 aliphatic rings. The van der Waals surface area contributed by atoms with Crippen molar-refractivity contribution in [2.24, 2.45) is 0 Å². The SMILES string of the molecule is C=C/C=C\C(CC(C)c1ccc(CC(=O)NC(c2ccccc2)c2ccc(C)cc2C)cc1)=C(C)C. The molecule has 0 spiro atoms. The van der Waals surface area contributed by atoms with Crippen LogP contribution in [-0.4, -0.2) is 5.91 Å². The molecule has 3 aromatic carbocycles. The quantitative estimate of drug-likeness (QED) is 0.292. The fourth-order valence-electron chi connectivity index (χ4n) is 4.57. The van der Waals surface area contributed by atoms with Crippen molar-refractivity contribution < 1.29 is 4.79 Å². The Morgan fingerprint density at radius 2 is 1.64 bits per heavy atom. The van der Waals surface area contributed by atoms with Crippen LogP contribution in [0, 0.1) is 13.8 Å². The molecular weight excluding hydrogens is 438 g/mol. The van der Waals surface area contributed by atoms with Crippen LogP contribution in [0.25, 0.3) is 0 Å². The first-order valence-electron chi connectivity index (χ1n) is 12.7. The number of nitrogens with one attached hydrogen (secondary N) is 1. The number of amides is 1. The third-order valence-electron chi connectivity index (χ3n) is 6.69. The van der Waals surface area contributed by atoms with Crippen LogP contribution in [0.1, 0.15) is 72.5 Å². The molecule has 1 amide bonds. The van der Waals surface area contributed by atoms with Gasteiger partial charge in [-0.25, -0.2) is 0 Å². The van der Waals surface area contributed by atoms with Gasteiger partial charge in [0.25, 0.3) is 0 Å². The van der Waals surface area contributed by atoms with Crippen LogP contribution in [0.2, 0.25) is 0 Å². The molecular formula is C34H39NO. The van der Waals surface area contributed by atoms with Gasteiger partial charge in [0.15, 0.2) is 0 Å². The second-order valence-electron chi connectivity index (χ2n) is 9.91. The molecule has 1 N–H and O–H groups in total. The molecule has 3 aromatic rings. The summed E-state index contributed by atoms with van der Waals surface area (Å²) in [6, 6.07) is 24.9. The van der Waals surface area contributed by atoms with Crippen LogP contribution in [0.3, 0.4) is 0 Å². The van der Waals surface area contributed by atoms with Crippen molar-refractivity contribution in [1.29, 1.82) is 0 Å². The maximum atomic E-state index is 13.2. The van der Waals surface area contributed by atoms with Crippen molar-refractivity contribution in [3.8, 4) is 0 Å². The normalized spacial score (nSPS) is 12.7. The van der Waals surface area contributed by atoms with Gasteiger partial charge in [-0.3, -0.25) is 4.79 Å². The first-order chi connectivity index (χ1) is 17.3. The van der Waals surface area contributed by atoms with Crippen LogP contribution >= 0.6 is 0 Å². The standard InChI is InChI=1S/C34H39NO/c1-7-8-12-31(24(2)3)22-26(5)29-18-16-28(17-19-29)23-33(36)35-34(30-13-10-9-11-14-30)32-20-15-25(4)21-27(32)6/h7-21,26,34H,1,22-23H2,2-6H3,(H,35,36)/b12-8-. The lowest BCUT2D eigenvalue weighted by Crippen LogP contribution is -2.31. The number of carbonyl (C=O) groups excluding carboxylic acids is 1. The van der Waals surface area contributed by atoms with E-state index in [0.29, 0.717) is 12.3 Å². The summed E-state index contributed by atoms with van der Waals surface area (Å²) in [5.41, 5.74) is 9.58. The summed E-state index contributed by atoms with van der Waals surface area (Å²) < 4.78 is 0. The fourth-order valence-corrected chi connectivity index (χ4v) is 4.57. The Bertz CT molecular complexity index is 1230. The molecule has 0 heterocycles. The van der Waals surface area contributed by atoms with E-state index < -0.39 is 0 Å². The van der Waals surface area contributed by atoms with Crippen molar-refractivity contribution in [2.75, 3.05) is 0 Å². The van der Waals surface area contributed by atoms with Gasteiger partial charge in [0, 0.05) is 0 Å². The smallest absolute Gasteiger partial charge is 0.225 e. The zero-order chi connectivity index (χ0) is 26.1. The first kappa shape index (κ1) is 26.9. The Kier molecular flexibility index (Phi) is 9.64. The van der Waals surface area contributed by atoms with Crippen molar-refractivity contribution >= 4 is 5.91 Å². The molecule has 2 unspecified atom stereocenters. The average molecular weight is 478 g/mol. The Hall–Kier alpha value is -3.65. The summed E-state index contributed by atoms with van der Waals surface area (Å²) >= 11 is 0. The third-order valence-corrected chi connectivity index (χ3v) is 6.69. The Morgan fingerprint density at radius 3 is 2.25 bits per heavy atom. The number of hydrogen-bond acceptors (Lipinski definition) is 1. The number of carbonyl (C=O) groups is 1. The highest BCUT2D eigenvalue weighted by molar-refractivity contribution is 5.79. The van der Waals surface area contributed by atoms with Gasteiger partial charge in [-0.2, -0.15) is 0 Å². The Labute approximate surface area is 217 Å². The average Bonchev–Trinajstić information content (AvgIpc) is 2.86. The number of benzene rings is 3. The van der Waals surface area contributed by atoms with Crippen molar-refractivity contribution in [1.82, 2.24) is 5.32 Å². The Balaban J connectivity index is 1.72. The molecule has 0 radical (unpaired) electrons. The zero-order valence-corrected chi connectivity index (χ0v) is 22.3. The van der Waals surface area contributed by atoms with Crippen LogP contribution in [0.4, 0.5) is 0 Å². The van der Waals surface area contributed by atoms with Gasteiger partial charge in [0.1, 0.15) is 0 Å². The molecule has 0 bridgehead atoms. The van der Waals surface area contributed by atoms with Crippen molar-refractivity contribution in [3.05, 3.63) is 142 Å². The monoisotopic (exact) mass is 477 g/mol. The van der Waals surface area contributed by atoms with Gasteiger partial charge < -0.3 is 5.32 Å². The van der Waals surface area contributed by atoms with Gasteiger partial charge in [-0.1, -0.05) is 116 Å². The minimum atomic E-state index is -0.176. The summed E-state index contributed by atoms with van der Waals surface area (Å²) in [7, 11) is 0. The van der Waals surface area contributed by atoms with E-state index in [-0.39, 0.29) is 11.9 Å². The van der Waals surface area contributed by atoms with Gasteiger partial charge in [0.05, 0.1) is 12.5 Å². The van der Waals surface area contributed by atoms with E-state index in [1.54, 1.807) is 0 Å². The van der Waals surface area contributed by atoms with Crippen molar-refractivity contribution in [3.63, 3.8) is 0 Å². The van der Waals surface area contributed by atoms with Gasteiger partial charge >= 0.3 is 0 Å². The molecule has 0 fully saturated rings. The lowest BCUT2D eigenvalue weighted by molar-refractivity contribution is -0.120. The first-order valence-corrected chi connectivity index (χ1v) is 12.7. The molecule has 0 aliphatic heterocycles. The second-order valence-corrected chi connectivity index (χ2v) is 9.91. The molecule has 0 aromatic heterocycles. The summed E-state index contributed by atoms with van der Waals surface area (Å²) in [6.45, 7) is 14.5. The lowest BCUT2D eigenvalue weighted by Gasteiger charge is -2.22. The highest BCUT2D eigenvalue weighted by atomic mass is 16.1. The molecule has 186 valence electrons. The fraction of sp³-hybridized carbons (Fsp3) is 0.265. The molecule has 3 rings (SSSR count). The van der Waals surface area contributed by atoms with Crippen LogP contribution in [0.15, 0.2) is 109 Å². The summed E-state index contributed by atoms with van der Waals surface area (Å²) in [5, 5.41) is 3.29. The van der Waals surface area contributed by atoms with Crippen LogP contribution < -0.4 is 5.32 Å². The molecule has 0 saturated carbocycles. The highest BCUT2D eigenvalue weighted by Crippen LogP contribution is 2.27. The van der Waals surface area contributed by atoms with E-state index in [0.717, 1.165) is 23.1 Å². The minimum Gasteiger partial charge on any atom is -0.345 e. The van der Waals surface area contributed by atoms with Crippen LogP contribution in [0.5, 0.6) is 0 Å². The van der Waals surface area contributed by atoms with E-state index in [1.807, 2.05) is 30.4 Å². The third kappa shape index (κ3) is 7.42. The summed E-state index contributed by atoms with van der Waals surface area (Å²) in [5.74, 6) is 0.408. The topological polar surface area (TPSA) is 29.1 Å². The summed E-state index contributed by atoms with van der Waals surface area (Å²) in [6.07, 6.45) is 7.29. The largest absolute Gasteiger partial charge is 0.345 e. The number of aryl methyl sites for hydroxylation is 2. The van der Waals surface area contributed by atoms with E-state index in [1.165, 1.54) is 27.8 Å². The van der Waals surface area contributed by atoms with Gasteiger partial charge in [-0.15, -0.1) is 0 Å². The molecule has 2 nitrogen and oxygen atoms in total. The van der Waals surface area contributed by atoms with E-state index in [9.17, 15) is 4.79 Å². The molecule has 36 heavy (non-hydrogen) atoms. The molecule has 2 atom stereocenters. The molecule has 0 saturated heterocycles. The molecule has 2 heteroatoms. The molecule has 0 aliphatic carbocycles. The Morgan fingerprint density at radius 1 is 0.944 bits per heavy atom. The predicted octanol–water partition coefficient (Wildman–Crippen LogP) is 8.32. The second kappa shape index (κ2) is 12.9. The maximum absolute atomic E-state index is 13.2. The highest BCUT2D eigenvalue weighted by Gasteiger charge is 2.19. The van der Waals surface area contributed by atoms with E-state index in [4.69, 9.17) is 0 Å². The summed E-state index contributed by atoms with van der Waals surface area (Å²) in [4.78, 5) is 13.2. The minimum absolute atomic E-state index is 0.0195. The zero-order valence-electron chi connectivity index (χ0n) is 22.3. The number of allylic oxidation sites excluding steroid dienone is 5. The van der Waals surface area contributed by atoms with Crippen molar-refractivity contribution in [2.45, 2.75) is 59.4 Å². The van der Waals surface area contributed by atoms with Gasteiger partial charge in [0.2, 0.25) is 5.91 Å². The number of rotatable bonds is 10. The van der Waals surface area contributed by atoms with E-state index >= 15 is 0 Å². The lowest BCUT2D eigenvalue weighted by atomic mass is 9.90. The predicted molar refractivity (Wildman–Crippen MR) is 153 cm³/mol. The van der Waals surface area contributed by atoms with Gasteiger partial charge in [-0.05, 0) is 73.4 Å².